The topological polar surface area (TPSA) is 105 Å². The van der Waals surface area contributed by atoms with Crippen LogP contribution in [0.5, 0.6) is 5.75 Å². The van der Waals surface area contributed by atoms with Crippen molar-refractivity contribution in [3.8, 4) is 5.75 Å². The molecule has 0 saturated carbocycles. The van der Waals surface area contributed by atoms with Gasteiger partial charge in [-0.15, -0.1) is 0 Å². The van der Waals surface area contributed by atoms with Crippen molar-refractivity contribution in [3.05, 3.63) is 59.2 Å². The summed E-state index contributed by atoms with van der Waals surface area (Å²) in [7, 11) is 1.58. The summed E-state index contributed by atoms with van der Waals surface area (Å²) in [6.45, 7) is 4.45. The molecule has 3 saturated heterocycles. The van der Waals surface area contributed by atoms with Crippen molar-refractivity contribution >= 4 is 23.6 Å². The third-order valence-corrected chi connectivity index (χ3v) is 9.55. The Kier molecular flexibility index (Phi) is 9.79. The van der Waals surface area contributed by atoms with Crippen molar-refractivity contribution in [1.29, 1.82) is 0 Å². The van der Waals surface area contributed by atoms with Crippen molar-refractivity contribution in [1.82, 2.24) is 9.80 Å². The van der Waals surface area contributed by atoms with Crippen molar-refractivity contribution in [2.45, 2.75) is 50.6 Å². The molecular weight excluding hydrogens is 589 g/mol. The minimum absolute atomic E-state index is 0.0304. The predicted molar refractivity (Wildman–Crippen MR) is 162 cm³/mol. The van der Waals surface area contributed by atoms with Gasteiger partial charge in [0.1, 0.15) is 5.75 Å². The van der Waals surface area contributed by atoms with Crippen LogP contribution in [0.2, 0.25) is 0 Å². The van der Waals surface area contributed by atoms with Gasteiger partial charge in [0, 0.05) is 50.9 Å². The van der Waals surface area contributed by atoms with Crippen LogP contribution in [-0.2, 0) is 20.5 Å². The number of primary amides is 1. The first kappa shape index (κ1) is 32.4. The fourth-order valence-corrected chi connectivity index (χ4v) is 7.02. The highest BCUT2D eigenvalue weighted by Crippen LogP contribution is 2.41. The third kappa shape index (κ3) is 7.15. The summed E-state index contributed by atoms with van der Waals surface area (Å²) in [5.74, 6) is -0.567. The largest absolute Gasteiger partial charge is 0.497 e. The molecule has 2 aromatic carbocycles. The molecule has 3 amide bonds. The molecule has 244 valence electrons. The Balaban J connectivity index is 1.30. The molecule has 45 heavy (non-hydrogen) atoms. The minimum atomic E-state index is -4.48. The number of nitrogens with zero attached hydrogens (tertiary/aromatic N) is 3. The number of halogens is 3. The summed E-state index contributed by atoms with van der Waals surface area (Å²) in [6, 6.07) is 10.9. The van der Waals surface area contributed by atoms with Gasteiger partial charge >= 0.3 is 18.2 Å². The van der Waals surface area contributed by atoms with Gasteiger partial charge < -0.3 is 29.9 Å². The number of piperidine rings is 2. The summed E-state index contributed by atoms with van der Waals surface area (Å²) in [4.78, 5) is 43.5. The number of methoxy groups -OCH3 is 1. The van der Waals surface area contributed by atoms with Crippen molar-refractivity contribution in [3.63, 3.8) is 0 Å². The summed E-state index contributed by atoms with van der Waals surface area (Å²) >= 11 is 0. The Morgan fingerprint density at radius 3 is 2.16 bits per heavy atom. The molecule has 3 heterocycles. The van der Waals surface area contributed by atoms with Gasteiger partial charge in [-0.2, -0.15) is 13.2 Å². The Bertz CT molecular complexity index is 1370. The number of benzene rings is 2. The molecule has 0 bridgehead atoms. The second-order valence-corrected chi connectivity index (χ2v) is 12.1. The number of ether oxygens (including phenoxy) is 2. The van der Waals surface area contributed by atoms with Crippen molar-refractivity contribution in [2.75, 3.05) is 57.9 Å². The van der Waals surface area contributed by atoms with Gasteiger partial charge in [-0.05, 0) is 73.9 Å². The van der Waals surface area contributed by atoms with E-state index in [1.54, 1.807) is 20.1 Å². The number of esters is 1. The minimum Gasteiger partial charge on any atom is -0.497 e. The summed E-state index contributed by atoms with van der Waals surface area (Å²) < 4.78 is 51.7. The Morgan fingerprint density at radius 2 is 1.58 bits per heavy atom. The van der Waals surface area contributed by atoms with Crippen LogP contribution in [0.3, 0.4) is 0 Å². The first-order valence-corrected chi connectivity index (χ1v) is 15.6. The van der Waals surface area contributed by atoms with Crippen molar-refractivity contribution in [2.24, 2.45) is 17.6 Å². The molecule has 2 N–H and O–H groups in total. The number of likely N-dealkylation sites (tertiary alicyclic amines) is 2. The molecule has 0 spiro atoms. The number of amides is 3. The fraction of sp³-hybridized carbons (Fsp3) is 0.545. The number of nitrogens with two attached hydrogens (primary N) is 1. The average molecular weight is 631 g/mol. The maximum absolute atomic E-state index is 13.9. The van der Waals surface area contributed by atoms with E-state index in [2.05, 4.69) is 0 Å². The van der Waals surface area contributed by atoms with Gasteiger partial charge in [-0.3, -0.25) is 9.59 Å². The van der Waals surface area contributed by atoms with Crippen LogP contribution in [0.25, 0.3) is 0 Å². The van der Waals surface area contributed by atoms with Crippen LogP contribution in [-0.4, -0.2) is 80.7 Å². The number of alkyl halides is 3. The molecular formula is C33H41F3N4O5. The maximum Gasteiger partial charge on any atom is 0.416 e. The van der Waals surface area contributed by atoms with E-state index in [-0.39, 0.29) is 36.2 Å². The number of carbonyl (C=O) groups excluding carboxylic acids is 3. The molecule has 3 aliphatic heterocycles. The Hall–Kier alpha value is -3.96. The third-order valence-electron chi connectivity index (χ3n) is 9.55. The van der Waals surface area contributed by atoms with E-state index in [0.29, 0.717) is 76.5 Å². The SMILES string of the molecule is CCOC(=O)C1CCN(c2cc(C(F)(F)F)ccc2C2CCN(C(=O)[C@@H]3CN(C(N)=O)C[C@H]3c3ccc(OC)cc3)CC2)CC1. The Labute approximate surface area is 261 Å². The Morgan fingerprint density at radius 1 is 0.911 bits per heavy atom. The molecule has 3 fully saturated rings. The standard InChI is InChI=1S/C33H41F3N4O5/c1-3-45-31(42)23-12-14-38(15-13-23)29-18-24(33(34,35)36)6-9-26(29)22-10-16-39(17-11-22)30(41)28-20-40(32(37)43)19-27(28)21-4-7-25(44-2)8-5-21/h4-9,18,22-23,27-28H,3,10-17,19-20H2,1-2H3,(H2,37,43)/t27-,28+/m0/s1. The first-order chi connectivity index (χ1) is 21.5. The highest BCUT2D eigenvalue weighted by Gasteiger charge is 2.43. The second kappa shape index (κ2) is 13.6. The van der Waals surface area contributed by atoms with E-state index in [1.807, 2.05) is 34.1 Å². The van der Waals surface area contributed by atoms with Crippen LogP contribution in [0, 0.1) is 11.8 Å². The molecule has 2 aromatic rings. The highest BCUT2D eigenvalue weighted by molar-refractivity contribution is 5.83. The zero-order chi connectivity index (χ0) is 32.3. The van der Waals surface area contributed by atoms with E-state index in [0.717, 1.165) is 17.2 Å². The smallest absolute Gasteiger partial charge is 0.416 e. The summed E-state index contributed by atoms with van der Waals surface area (Å²) in [5, 5.41) is 0. The van der Waals surface area contributed by atoms with Crippen LogP contribution in [0.1, 0.15) is 61.1 Å². The highest BCUT2D eigenvalue weighted by atomic mass is 19.4. The molecule has 12 heteroatoms. The first-order valence-electron chi connectivity index (χ1n) is 15.6. The van der Waals surface area contributed by atoms with E-state index >= 15 is 0 Å². The lowest BCUT2D eigenvalue weighted by atomic mass is 9.84. The lowest BCUT2D eigenvalue weighted by Crippen LogP contribution is -2.44. The number of anilines is 1. The summed E-state index contributed by atoms with van der Waals surface area (Å²) in [6.07, 6.45) is -2.25. The lowest BCUT2D eigenvalue weighted by molar-refractivity contribution is -0.148. The zero-order valence-corrected chi connectivity index (χ0v) is 25.7. The van der Waals surface area contributed by atoms with Gasteiger partial charge in [-0.1, -0.05) is 18.2 Å². The monoisotopic (exact) mass is 630 g/mol. The van der Waals surface area contributed by atoms with Gasteiger partial charge in [0.15, 0.2) is 0 Å². The van der Waals surface area contributed by atoms with Crippen LogP contribution < -0.4 is 15.4 Å². The number of rotatable bonds is 7. The van der Waals surface area contributed by atoms with E-state index in [1.165, 1.54) is 11.0 Å². The van der Waals surface area contributed by atoms with Gasteiger partial charge in [0.2, 0.25) is 5.91 Å². The fourth-order valence-electron chi connectivity index (χ4n) is 7.02. The molecule has 9 nitrogen and oxygen atoms in total. The predicted octanol–water partition coefficient (Wildman–Crippen LogP) is 4.99. The molecule has 0 radical (unpaired) electrons. The molecule has 3 aliphatic rings. The number of urea groups is 1. The molecule has 5 rings (SSSR count). The van der Waals surface area contributed by atoms with Crippen LogP contribution in [0.15, 0.2) is 42.5 Å². The maximum atomic E-state index is 13.9. The molecule has 0 aromatic heterocycles. The number of hydrogen-bond acceptors (Lipinski definition) is 6. The number of carbonyl (C=O) groups is 3. The normalized spacial score (nSPS) is 21.6. The second-order valence-electron chi connectivity index (χ2n) is 12.1. The van der Waals surface area contributed by atoms with Gasteiger partial charge in [-0.25, -0.2) is 4.79 Å². The number of hydrogen-bond donors (Lipinski definition) is 1. The average Bonchev–Trinajstić information content (AvgIpc) is 3.50. The van der Waals surface area contributed by atoms with E-state index in [9.17, 15) is 27.6 Å². The molecule has 0 unspecified atom stereocenters. The zero-order valence-electron chi connectivity index (χ0n) is 25.7. The molecule has 0 aliphatic carbocycles. The lowest BCUT2D eigenvalue weighted by Gasteiger charge is -2.38. The van der Waals surface area contributed by atoms with Crippen molar-refractivity contribution < 1.29 is 37.0 Å². The molecule has 2 atom stereocenters. The quantitative estimate of drug-likeness (QED) is 0.432. The van der Waals surface area contributed by atoms with Crippen LogP contribution in [0.4, 0.5) is 23.7 Å². The summed E-state index contributed by atoms with van der Waals surface area (Å²) in [5.41, 5.74) is 7.20. The van der Waals surface area contributed by atoms with Crippen LogP contribution >= 0.6 is 0 Å². The van der Waals surface area contributed by atoms with E-state index in [4.69, 9.17) is 15.2 Å². The van der Waals surface area contributed by atoms with Gasteiger partial charge in [0.25, 0.3) is 0 Å². The van der Waals surface area contributed by atoms with Gasteiger partial charge in [0.05, 0.1) is 31.1 Å². The van der Waals surface area contributed by atoms with E-state index < -0.39 is 23.7 Å².